The van der Waals surface area contributed by atoms with Gasteiger partial charge in [0.1, 0.15) is 0 Å². The highest BCUT2D eigenvalue weighted by Crippen LogP contribution is 2.57. The number of hydrogen-bond acceptors (Lipinski definition) is 6. The lowest BCUT2D eigenvalue weighted by molar-refractivity contribution is 1.30. The molecule has 266 valence electrons. The van der Waals surface area contributed by atoms with E-state index in [1.807, 2.05) is 45.3 Å². The highest BCUT2D eigenvalue weighted by molar-refractivity contribution is 7.41. The summed E-state index contributed by atoms with van der Waals surface area (Å²) in [6.45, 7) is 0.0821. The maximum absolute atomic E-state index is 2.66. The fourth-order valence-corrected chi connectivity index (χ4v) is 14.4. The minimum absolute atomic E-state index is 0.0821. The van der Waals surface area contributed by atoms with Gasteiger partial charge in [0.25, 0.3) is 6.71 Å². The lowest BCUT2D eigenvalue weighted by atomic mass is 9.39. The lowest BCUT2D eigenvalue weighted by Crippen LogP contribution is -2.59. The molecule has 0 N–H and O–H groups in total. The van der Waals surface area contributed by atoms with Crippen molar-refractivity contribution >= 4 is 142 Å². The molecule has 2 aliphatic heterocycles. The van der Waals surface area contributed by atoms with E-state index in [2.05, 4.69) is 186 Å². The SMILES string of the molecule is c1ccc(-c2sc3ccccc3c2N2c3cccc4c3B(c3sc5ccccc5c32)c2sc3ccccc3c2N4c2c(-c3ccccc3)sc3ccccc23)cc1. The molecule has 0 amide bonds. The maximum atomic E-state index is 2.66. The average Bonchev–Trinajstić information content (AvgIpc) is 4.05. The Hall–Kier alpha value is -5.96. The molecule has 7 heteroatoms. The number of thiophene rings is 4. The van der Waals surface area contributed by atoms with Gasteiger partial charge in [-0.1, -0.05) is 140 Å². The molecule has 0 saturated carbocycles. The minimum Gasteiger partial charge on any atom is -0.308 e. The molecule has 7 aromatic carbocycles. The normalized spacial score (nSPS) is 13.2. The Labute approximate surface area is 345 Å². The number of hydrogen-bond donors (Lipinski definition) is 0. The predicted octanol–water partition coefficient (Wildman–Crippen LogP) is 14.0. The van der Waals surface area contributed by atoms with Crippen LogP contribution in [0.4, 0.5) is 34.1 Å². The van der Waals surface area contributed by atoms with Gasteiger partial charge in [-0.05, 0) is 53.0 Å². The topological polar surface area (TPSA) is 6.48 Å². The second-order valence-electron chi connectivity index (χ2n) is 14.7. The monoisotopic (exact) mass is 796 g/mol. The van der Waals surface area contributed by atoms with E-state index in [-0.39, 0.29) is 6.71 Å². The second-order valence-corrected chi connectivity index (χ2v) is 19.0. The molecule has 0 spiro atoms. The second kappa shape index (κ2) is 12.3. The minimum atomic E-state index is 0.0821. The van der Waals surface area contributed by atoms with Crippen molar-refractivity contribution in [2.45, 2.75) is 0 Å². The van der Waals surface area contributed by atoms with Gasteiger partial charge in [-0.2, -0.15) is 0 Å². The molecule has 0 radical (unpaired) electrons. The number of rotatable bonds is 4. The fraction of sp³-hybridized carbons (Fsp3) is 0. The van der Waals surface area contributed by atoms with Gasteiger partial charge in [-0.25, -0.2) is 0 Å². The van der Waals surface area contributed by atoms with Crippen LogP contribution in [-0.4, -0.2) is 6.71 Å². The molecule has 0 aliphatic carbocycles. The van der Waals surface area contributed by atoms with E-state index in [1.165, 1.54) is 110 Å². The highest BCUT2D eigenvalue weighted by atomic mass is 32.1. The molecular weight excluding hydrogens is 768 g/mol. The van der Waals surface area contributed by atoms with Crippen molar-refractivity contribution < 1.29 is 0 Å². The van der Waals surface area contributed by atoms with E-state index in [0.29, 0.717) is 0 Å². The molecule has 4 aromatic heterocycles. The molecule has 13 rings (SSSR count). The summed E-state index contributed by atoms with van der Waals surface area (Å²) in [4.78, 5) is 7.90. The van der Waals surface area contributed by atoms with Gasteiger partial charge in [0.15, 0.2) is 0 Å². The van der Waals surface area contributed by atoms with Crippen LogP contribution in [-0.2, 0) is 0 Å². The van der Waals surface area contributed by atoms with Crippen molar-refractivity contribution in [1.29, 1.82) is 0 Å². The van der Waals surface area contributed by atoms with Crippen molar-refractivity contribution in [2.24, 2.45) is 0 Å². The first-order valence-corrected chi connectivity index (χ1v) is 22.5. The first-order valence-electron chi connectivity index (χ1n) is 19.2. The summed E-state index contributed by atoms with van der Waals surface area (Å²) in [5, 5.41) is 5.18. The fourth-order valence-electron chi connectivity index (χ4n) is 9.35. The average molecular weight is 797 g/mol. The van der Waals surface area contributed by atoms with Crippen LogP contribution in [0.15, 0.2) is 176 Å². The van der Waals surface area contributed by atoms with Crippen LogP contribution in [0.1, 0.15) is 0 Å². The Bertz CT molecular complexity index is 3170. The number of benzene rings is 7. The van der Waals surface area contributed by atoms with Gasteiger partial charge in [-0.15, -0.1) is 45.3 Å². The van der Waals surface area contributed by atoms with Crippen molar-refractivity contribution in [3.63, 3.8) is 0 Å². The van der Waals surface area contributed by atoms with Gasteiger partial charge in [0.2, 0.25) is 0 Å². The zero-order chi connectivity index (χ0) is 37.2. The van der Waals surface area contributed by atoms with Crippen molar-refractivity contribution in [3.05, 3.63) is 176 Å². The summed E-state index contributed by atoms with van der Waals surface area (Å²) in [5.41, 5.74) is 11.5. The summed E-state index contributed by atoms with van der Waals surface area (Å²) in [7, 11) is 0. The van der Waals surface area contributed by atoms with E-state index < -0.39 is 0 Å². The van der Waals surface area contributed by atoms with Crippen LogP contribution in [0.5, 0.6) is 0 Å². The Morgan fingerprint density at radius 2 is 0.667 bits per heavy atom. The van der Waals surface area contributed by atoms with Crippen molar-refractivity contribution in [1.82, 2.24) is 0 Å². The number of fused-ring (bicyclic) bond motifs is 10. The molecule has 0 unspecified atom stereocenters. The summed E-state index contributed by atoms with van der Waals surface area (Å²) in [6, 6.07) is 65.2. The smallest absolute Gasteiger partial charge is 0.277 e. The third-order valence-corrected chi connectivity index (χ3v) is 16.5. The maximum Gasteiger partial charge on any atom is 0.277 e. The highest BCUT2D eigenvalue weighted by Gasteiger charge is 2.48. The first kappa shape index (κ1) is 32.2. The lowest BCUT2D eigenvalue weighted by Gasteiger charge is -2.42. The van der Waals surface area contributed by atoms with Gasteiger partial charge >= 0.3 is 0 Å². The predicted molar refractivity (Wildman–Crippen MR) is 253 cm³/mol. The summed E-state index contributed by atoms with van der Waals surface area (Å²) < 4.78 is 8.06. The van der Waals surface area contributed by atoms with Crippen LogP contribution < -0.4 is 24.8 Å². The number of nitrogens with zero attached hydrogens (tertiary/aromatic N) is 2. The van der Waals surface area contributed by atoms with E-state index in [4.69, 9.17) is 0 Å². The molecule has 0 fully saturated rings. The summed E-state index contributed by atoms with van der Waals surface area (Å²) >= 11 is 7.74. The van der Waals surface area contributed by atoms with Crippen molar-refractivity contribution in [2.75, 3.05) is 9.80 Å². The van der Waals surface area contributed by atoms with Gasteiger partial charge in [0, 0.05) is 61.3 Å². The zero-order valence-corrected chi connectivity index (χ0v) is 33.6. The molecule has 0 bridgehead atoms. The molecule has 57 heavy (non-hydrogen) atoms. The molecule has 0 atom stereocenters. The van der Waals surface area contributed by atoms with Gasteiger partial charge < -0.3 is 9.80 Å². The first-order chi connectivity index (χ1) is 28.3. The van der Waals surface area contributed by atoms with E-state index in [1.54, 1.807) is 0 Å². The van der Waals surface area contributed by atoms with E-state index in [9.17, 15) is 0 Å². The zero-order valence-electron chi connectivity index (χ0n) is 30.3. The largest absolute Gasteiger partial charge is 0.308 e. The quantitative estimate of drug-likeness (QED) is 0.164. The Balaban J connectivity index is 1.19. The number of anilines is 6. The standard InChI is InChI=1S/C50H29BN2S4/c1-3-16-30(17-4-1)47-43(32-20-7-11-26-38(32)54-47)52-36-24-15-25-37-42(36)51(49-45(52)34-22-9-13-28-40(34)56-49)50-46(35-23-10-14-29-41(35)57-50)53(37)44-33-21-8-12-27-39(33)55-48(44)31-18-5-2-6-19-31/h1-29H. The Morgan fingerprint density at radius 1 is 0.316 bits per heavy atom. The molecule has 2 aliphatic rings. The molecular formula is C50H29BN2S4. The Morgan fingerprint density at radius 3 is 1.09 bits per heavy atom. The van der Waals surface area contributed by atoms with E-state index in [0.717, 1.165) is 0 Å². The summed E-state index contributed by atoms with van der Waals surface area (Å²) in [5.74, 6) is 0. The van der Waals surface area contributed by atoms with Crippen LogP contribution in [0.25, 0.3) is 61.2 Å². The third-order valence-electron chi connectivity index (χ3n) is 11.7. The molecule has 0 saturated heterocycles. The van der Waals surface area contributed by atoms with Crippen LogP contribution in [0.2, 0.25) is 0 Å². The van der Waals surface area contributed by atoms with Crippen LogP contribution in [0.3, 0.4) is 0 Å². The molecule has 2 nitrogen and oxygen atoms in total. The third kappa shape index (κ3) is 4.51. The molecule has 6 heterocycles. The van der Waals surface area contributed by atoms with Crippen LogP contribution >= 0.6 is 45.3 Å². The molecule has 11 aromatic rings. The van der Waals surface area contributed by atoms with Crippen LogP contribution in [0, 0.1) is 0 Å². The van der Waals surface area contributed by atoms with E-state index >= 15 is 0 Å². The summed E-state index contributed by atoms with van der Waals surface area (Å²) in [6.07, 6.45) is 0. The van der Waals surface area contributed by atoms with Crippen molar-refractivity contribution in [3.8, 4) is 20.9 Å². The Kier molecular flexibility index (Phi) is 6.92. The van der Waals surface area contributed by atoms with Gasteiger partial charge in [0.05, 0.1) is 32.5 Å². The van der Waals surface area contributed by atoms with Gasteiger partial charge in [-0.3, -0.25) is 0 Å².